The van der Waals surface area contributed by atoms with Gasteiger partial charge in [0.05, 0.1) is 12.0 Å². The first-order valence-corrected chi connectivity index (χ1v) is 17.1. The van der Waals surface area contributed by atoms with Crippen molar-refractivity contribution in [1.82, 2.24) is 15.0 Å². The van der Waals surface area contributed by atoms with Gasteiger partial charge in [-0.15, -0.1) is 0 Å². The third-order valence-electron chi connectivity index (χ3n) is 9.69. The average Bonchev–Trinajstić information content (AvgIpc) is 3.23. The van der Waals surface area contributed by atoms with Gasteiger partial charge in [0, 0.05) is 27.8 Å². The monoisotopic (exact) mass is 666 g/mol. The van der Waals surface area contributed by atoms with Crippen molar-refractivity contribution in [2.24, 2.45) is 0 Å². The fraction of sp³-hybridized carbons (Fsp3) is 0.0213. The Morgan fingerprint density at radius 3 is 1.56 bits per heavy atom. The highest BCUT2D eigenvalue weighted by Gasteiger charge is 2.45. The maximum atomic E-state index is 7.51. The molecule has 0 amide bonds. The largest absolute Gasteiger partial charge is 0.457 e. The van der Waals surface area contributed by atoms with Gasteiger partial charge < -0.3 is 4.74 Å². The molecule has 1 aliphatic heterocycles. The molecule has 0 saturated heterocycles. The smallest absolute Gasteiger partial charge is 0.187 e. The summed E-state index contributed by atoms with van der Waals surface area (Å²) in [4.78, 5) is 18.2. The topological polar surface area (TPSA) is 52.3 Å². The van der Waals surface area contributed by atoms with Crippen LogP contribution in [-0.4, -0.2) is 15.0 Å². The summed E-state index contributed by atoms with van der Waals surface area (Å²) in [6, 6.07) is 61.9. The van der Waals surface area contributed by atoms with Crippen LogP contribution in [0.2, 0.25) is 0 Å². The highest BCUT2D eigenvalue weighted by Crippen LogP contribution is 2.55. The van der Waals surface area contributed by atoms with E-state index >= 15 is 0 Å². The molecule has 0 fully saturated rings. The quantitative estimate of drug-likeness (QED) is 0.166. The minimum absolute atomic E-state index is 0.520. The number of hydrogen-bond donors (Lipinski definition) is 0. The normalized spacial score (nSPS) is 12.5. The SMILES string of the molecule is [C-]#[N+]c1cccc(-c2nc(-c3ccccc3)nc(-c3ccc(-c4ccc5c(c4)C(c4ccccc4)(c4ccccc4)c4ccccc4O5)cc3)n2)c1. The molecule has 0 atom stereocenters. The zero-order valence-corrected chi connectivity index (χ0v) is 28.0. The molecule has 9 rings (SSSR count). The lowest BCUT2D eigenvalue weighted by molar-refractivity contribution is 0.434. The Balaban J connectivity index is 1.17. The standard InChI is InChI=1S/C47H30N4O/c1-48-39-21-13-16-36(30-39)46-50-44(33-14-5-2-6-15-33)49-45(51-46)34-26-24-32(25-27-34)35-28-29-43-41(31-35)47(37-17-7-3-8-18-37,38-19-9-4-10-20-38)40-22-11-12-23-42(40)52-43/h2-31H. The lowest BCUT2D eigenvalue weighted by atomic mass is 9.63. The van der Waals surface area contributed by atoms with Gasteiger partial charge in [-0.1, -0.05) is 158 Å². The summed E-state index contributed by atoms with van der Waals surface area (Å²) in [5.41, 5.74) is 9.13. The van der Waals surface area contributed by atoms with Crippen molar-refractivity contribution in [3.8, 4) is 56.8 Å². The molecule has 0 unspecified atom stereocenters. The van der Waals surface area contributed by atoms with Crippen molar-refractivity contribution in [3.63, 3.8) is 0 Å². The van der Waals surface area contributed by atoms with Crippen LogP contribution in [0.3, 0.4) is 0 Å². The van der Waals surface area contributed by atoms with E-state index in [1.807, 2.05) is 54.6 Å². The van der Waals surface area contributed by atoms with Gasteiger partial charge in [-0.25, -0.2) is 19.8 Å². The molecule has 7 aromatic carbocycles. The van der Waals surface area contributed by atoms with Crippen LogP contribution in [0.25, 0.3) is 50.1 Å². The Bertz CT molecular complexity index is 2560. The maximum Gasteiger partial charge on any atom is 0.187 e. The number of aromatic nitrogens is 3. The molecule has 0 spiro atoms. The van der Waals surface area contributed by atoms with Crippen molar-refractivity contribution in [3.05, 3.63) is 216 Å². The molecule has 1 aliphatic rings. The van der Waals surface area contributed by atoms with Crippen LogP contribution in [0.5, 0.6) is 11.5 Å². The maximum absolute atomic E-state index is 7.51. The minimum atomic E-state index is -0.595. The number of nitrogens with zero attached hydrogens (tertiary/aromatic N) is 4. The van der Waals surface area contributed by atoms with E-state index < -0.39 is 5.41 Å². The fourth-order valence-electron chi connectivity index (χ4n) is 7.26. The van der Waals surface area contributed by atoms with E-state index in [4.69, 9.17) is 26.3 Å². The summed E-state index contributed by atoms with van der Waals surface area (Å²) in [5.74, 6) is 3.34. The molecule has 0 aliphatic carbocycles. The van der Waals surface area contributed by atoms with Gasteiger partial charge in [-0.3, -0.25) is 0 Å². The van der Waals surface area contributed by atoms with E-state index in [1.165, 1.54) is 11.1 Å². The Kier molecular flexibility index (Phi) is 7.68. The Morgan fingerprint density at radius 1 is 0.404 bits per heavy atom. The van der Waals surface area contributed by atoms with Crippen LogP contribution in [0.4, 0.5) is 5.69 Å². The predicted molar refractivity (Wildman–Crippen MR) is 206 cm³/mol. The number of benzene rings is 7. The molecule has 2 heterocycles. The summed E-state index contributed by atoms with van der Waals surface area (Å²) >= 11 is 0. The van der Waals surface area contributed by atoms with Crippen molar-refractivity contribution in [2.45, 2.75) is 5.41 Å². The number of rotatable bonds is 6. The van der Waals surface area contributed by atoms with Crippen molar-refractivity contribution < 1.29 is 4.74 Å². The van der Waals surface area contributed by atoms with E-state index in [-0.39, 0.29) is 0 Å². The molecular weight excluding hydrogens is 637 g/mol. The Labute approximate surface area is 302 Å². The van der Waals surface area contributed by atoms with Crippen LogP contribution in [0, 0.1) is 6.57 Å². The van der Waals surface area contributed by atoms with Gasteiger partial charge >= 0.3 is 0 Å². The summed E-state index contributed by atoms with van der Waals surface area (Å²) < 4.78 is 6.61. The highest BCUT2D eigenvalue weighted by molar-refractivity contribution is 5.76. The second kappa shape index (κ2) is 12.9. The average molecular weight is 667 g/mol. The zero-order chi connectivity index (χ0) is 34.9. The molecule has 0 bridgehead atoms. The number of ether oxygens (including phenoxy) is 1. The van der Waals surface area contributed by atoms with Crippen molar-refractivity contribution >= 4 is 5.69 Å². The fourth-order valence-corrected chi connectivity index (χ4v) is 7.26. The lowest BCUT2D eigenvalue weighted by Gasteiger charge is -2.41. The number of hydrogen-bond acceptors (Lipinski definition) is 4. The molecule has 5 heteroatoms. The third-order valence-corrected chi connectivity index (χ3v) is 9.69. The Hall–Kier alpha value is -7.16. The van der Waals surface area contributed by atoms with E-state index in [0.29, 0.717) is 23.2 Å². The van der Waals surface area contributed by atoms with Gasteiger partial charge in [0.2, 0.25) is 0 Å². The van der Waals surface area contributed by atoms with Gasteiger partial charge in [0.1, 0.15) is 11.5 Å². The van der Waals surface area contributed by atoms with E-state index in [1.54, 1.807) is 6.07 Å². The van der Waals surface area contributed by atoms with Crippen molar-refractivity contribution in [2.75, 3.05) is 0 Å². The molecule has 5 nitrogen and oxygen atoms in total. The molecule has 1 aromatic heterocycles. The lowest BCUT2D eigenvalue weighted by Crippen LogP contribution is -2.34. The van der Waals surface area contributed by atoms with E-state index in [0.717, 1.165) is 50.4 Å². The zero-order valence-electron chi connectivity index (χ0n) is 28.0. The molecular formula is C47H30N4O. The third kappa shape index (κ3) is 5.31. The molecule has 52 heavy (non-hydrogen) atoms. The highest BCUT2D eigenvalue weighted by atomic mass is 16.5. The van der Waals surface area contributed by atoms with Crippen LogP contribution in [0.15, 0.2) is 182 Å². The summed E-state index contributed by atoms with van der Waals surface area (Å²) in [5, 5.41) is 0. The summed E-state index contributed by atoms with van der Waals surface area (Å²) in [6.45, 7) is 7.51. The van der Waals surface area contributed by atoms with E-state index in [9.17, 15) is 0 Å². The van der Waals surface area contributed by atoms with Gasteiger partial charge in [-0.05, 0) is 46.5 Å². The Morgan fingerprint density at radius 2 is 0.904 bits per heavy atom. The van der Waals surface area contributed by atoms with Gasteiger partial charge in [0.25, 0.3) is 0 Å². The van der Waals surface area contributed by atoms with Gasteiger partial charge in [-0.2, -0.15) is 0 Å². The van der Waals surface area contributed by atoms with Crippen LogP contribution < -0.4 is 4.74 Å². The number of para-hydroxylation sites is 1. The van der Waals surface area contributed by atoms with Crippen LogP contribution in [-0.2, 0) is 5.41 Å². The van der Waals surface area contributed by atoms with Crippen molar-refractivity contribution in [1.29, 1.82) is 0 Å². The van der Waals surface area contributed by atoms with E-state index in [2.05, 4.69) is 126 Å². The second-order valence-electron chi connectivity index (χ2n) is 12.7. The molecule has 0 N–H and O–H groups in total. The van der Waals surface area contributed by atoms with Gasteiger partial charge in [0.15, 0.2) is 23.2 Å². The number of fused-ring (bicyclic) bond motifs is 2. The first-order chi connectivity index (χ1) is 25.7. The summed E-state index contributed by atoms with van der Waals surface area (Å²) in [7, 11) is 0. The predicted octanol–water partition coefficient (Wildman–Crippen LogP) is 11.6. The molecule has 8 aromatic rings. The minimum Gasteiger partial charge on any atom is -0.457 e. The molecule has 0 saturated carbocycles. The first-order valence-electron chi connectivity index (χ1n) is 17.1. The molecule has 0 radical (unpaired) electrons. The van der Waals surface area contributed by atoms with Crippen LogP contribution >= 0.6 is 0 Å². The second-order valence-corrected chi connectivity index (χ2v) is 12.7. The first kappa shape index (κ1) is 30.9. The summed E-state index contributed by atoms with van der Waals surface area (Å²) in [6.07, 6.45) is 0. The molecule has 244 valence electrons. The van der Waals surface area contributed by atoms with Crippen LogP contribution in [0.1, 0.15) is 22.3 Å².